The molecule has 19 heavy (non-hydrogen) atoms. The molecular formula is C15H20FNO2. The number of benzene rings is 1. The lowest BCUT2D eigenvalue weighted by Crippen LogP contribution is -2.54. The highest BCUT2D eigenvalue weighted by atomic mass is 19.1. The minimum absolute atomic E-state index is 0.0828. The van der Waals surface area contributed by atoms with Crippen LogP contribution in [-0.2, 0) is 16.1 Å². The highest BCUT2D eigenvalue weighted by Crippen LogP contribution is 2.17. The number of carbonyl (C=O) groups is 1. The average molecular weight is 265 g/mol. The molecule has 104 valence electrons. The van der Waals surface area contributed by atoms with Gasteiger partial charge in [-0.25, -0.2) is 4.39 Å². The van der Waals surface area contributed by atoms with Crippen molar-refractivity contribution in [2.45, 2.75) is 33.0 Å². The van der Waals surface area contributed by atoms with E-state index in [0.29, 0.717) is 32.0 Å². The molecule has 1 saturated heterocycles. The first-order chi connectivity index (χ1) is 9.04. The molecule has 1 aliphatic rings. The molecule has 0 aromatic heterocycles. The van der Waals surface area contributed by atoms with Gasteiger partial charge in [0, 0.05) is 19.5 Å². The zero-order chi connectivity index (χ0) is 13.8. The summed E-state index contributed by atoms with van der Waals surface area (Å²) in [5.41, 5.74) is 0.826. The van der Waals surface area contributed by atoms with Gasteiger partial charge in [-0.15, -0.1) is 0 Å². The Kier molecular flexibility index (Phi) is 4.53. The lowest BCUT2D eigenvalue weighted by molar-refractivity contribution is -0.146. The number of hydrogen-bond acceptors (Lipinski definition) is 2. The molecule has 0 atom stereocenters. The second-order valence-electron chi connectivity index (χ2n) is 5.46. The maximum Gasteiger partial charge on any atom is 0.223 e. The first-order valence-corrected chi connectivity index (χ1v) is 6.68. The van der Waals surface area contributed by atoms with E-state index in [1.54, 1.807) is 6.07 Å². The van der Waals surface area contributed by atoms with Gasteiger partial charge in [0.1, 0.15) is 5.82 Å². The monoisotopic (exact) mass is 265 g/mol. The summed E-state index contributed by atoms with van der Waals surface area (Å²) in [5.74, 6) is 0.337. The van der Waals surface area contributed by atoms with Crippen molar-refractivity contribution in [3.05, 3.63) is 35.6 Å². The normalized spacial score (nSPS) is 15.7. The van der Waals surface area contributed by atoms with E-state index >= 15 is 0 Å². The maximum atomic E-state index is 13.0. The van der Waals surface area contributed by atoms with Crippen molar-refractivity contribution >= 4 is 5.91 Å². The minimum Gasteiger partial charge on any atom is -0.370 e. The van der Waals surface area contributed by atoms with Crippen molar-refractivity contribution in [1.29, 1.82) is 0 Å². The minimum atomic E-state index is -0.247. The number of rotatable bonds is 5. The summed E-state index contributed by atoms with van der Waals surface area (Å²) in [6.07, 6.45) is 0.677. The summed E-state index contributed by atoms with van der Waals surface area (Å²) in [7, 11) is 0. The third-order valence-electron chi connectivity index (χ3n) is 3.16. The van der Waals surface area contributed by atoms with E-state index in [9.17, 15) is 9.18 Å². The molecule has 1 heterocycles. The standard InChI is InChI=1S/C15H20FNO2/c1-11(2)6-15(18)17-8-14(9-17)19-10-12-4-3-5-13(16)7-12/h3-5,7,11,14H,6,8-10H2,1-2H3. The fourth-order valence-corrected chi connectivity index (χ4v) is 2.07. The number of carbonyl (C=O) groups excluding carboxylic acids is 1. The number of halogens is 1. The zero-order valence-electron chi connectivity index (χ0n) is 11.4. The number of likely N-dealkylation sites (tertiary alicyclic amines) is 1. The van der Waals surface area contributed by atoms with Crippen molar-refractivity contribution in [1.82, 2.24) is 4.90 Å². The van der Waals surface area contributed by atoms with E-state index in [-0.39, 0.29) is 17.8 Å². The number of nitrogens with zero attached hydrogens (tertiary/aromatic N) is 1. The van der Waals surface area contributed by atoms with Crippen LogP contribution in [0.1, 0.15) is 25.8 Å². The Balaban J connectivity index is 1.69. The second-order valence-corrected chi connectivity index (χ2v) is 5.46. The van der Waals surface area contributed by atoms with Crippen LogP contribution in [0.2, 0.25) is 0 Å². The Morgan fingerprint density at radius 3 is 2.84 bits per heavy atom. The summed E-state index contributed by atoms with van der Waals surface area (Å²) in [4.78, 5) is 13.5. The fourth-order valence-electron chi connectivity index (χ4n) is 2.07. The maximum absolute atomic E-state index is 13.0. The molecule has 0 aliphatic carbocycles. The van der Waals surface area contributed by atoms with Crippen molar-refractivity contribution < 1.29 is 13.9 Å². The second kappa shape index (κ2) is 6.15. The van der Waals surface area contributed by atoms with Gasteiger partial charge in [0.25, 0.3) is 0 Å². The van der Waals surface area contributed by atoms with Crippen LogP contribution in [0.25, 0.3) is 0 Å². The molecule has 0 bridgehead atoms. The van der Waals surface area contributed by atoms with Crippen LogP contribution in [0.15, 0.2) is 24.3 Å². The van der Waals surface area contributed by atoms with Crippen LogP contribution in [-0.4, -0.2) is 30.0 Å². The van der Waals surface area contributed by atoms with Crippen LogP contribution in [0.4, 0.5) is 4.39 Å². The lowest BCUT2D eigenvalue weighted by atomic mass is 10.1. The van der Waals surface area contributed by atoms with Gasteiger partial charge in [-0.05, 0) is 23.6 Å². The van der Waals surface area contributed by atoms with Crippen LogP contribution in [0.5, 0.6) is 0 Å². The predicted molar refractivity (Wildman–Crippen MR) is 71.0 cm³/mol. The molecule has 0 spiro atoms. The van der Waals surface area contributed by atoms with E-state index in [2.05, 4.69) is 0 Å². The largest absolute Gasteiger partial charge is 0.370 e. The quantitative estimate of drug-likeness (QED) is 0.819. The summed E-state index contributed by atoms with van der Waals surface area (Å²) in [6.45, 7) is 5.78. The summed E-state index contributed by atoms with van der Waals surface area (Å²) in [5, 5.41) is 0. The first-order valence-electron chi connectivity index (χ1n) is 6.68. The smallest absolute Gasteiger partial charge is 0.223 e. The average Bonchev–Trinajstić information content (AvgIpc) is 2.25. The van der Waals surface area contributed by atoms with Crippen molar-refractivity contribution in [2.75, 3.05) is 13.1 Å². The van der Waals surface area contributed by atoms with Gasteiger partial charge in [0.2, 0.25) is 5.91 Å². The Bertz CT molecular complexity index is 442. The van der Waals surface area contributed by atoms with E-state index in [1.165, 1.54) is 12.1 Å². The molecule has 1 fully saturated rings. The molecule has 0 saturated carbocycles. The fraction of sp³-hybridized carbons (Fsp3) is 0.533. The van der Waals surface area contributed by atoms with Crippen LogP contribution >= 0.6 is 0 Å². The third kappa shape index (κ3) is 4.03. The molecule has 0 N–H and O–H groups in total. The van der Waals surface area contributed by atoms with Gasteiger partial charge in [0.05, 0.1) is 12.7 Å². The number of hydrogen-bond donors (Lipinski definition) is 0. The molecule has 1 aromatic carbocycles. The highest BCUT2D eigenvalue weighted by Gasteiger charge is 2.31. The Morgan fingerprint density at radius 1 is 1.47 bits per heavy atom. The highest BCUT2D eigenvalue weighted by molar-refractivity contribution is 5.77. The molecule has 2 rings (SSSR count). The summed E-state index contributed by atoms with van der Waals surface area (Å²) in [6, 6.07) is 6.40. The lowest BCUT2D eigenvalue weighted by Gasteiger charge is -2.39. The van der Waals surface area contributed by atoms with Gasteiger partial charge in [-0.1, -0.05) is 26.0 Å². The Labute approximate surface area is 113 Å². The summed E-state index contributed by atoms with van der Waals surface area (Å²) >= 11 is 0. The van der Waals surface area contributed by atoms with Gasteiger partial charge >= 0.3 is 0 Å². The molecule has 1 amide bonds. The van der Waals surface area contributed by atoms with Crippen molar-refractivity contribution in [2.24, 2.45) is 5.92 Å². The number of ether oxygens (including phenoxy) is 1. The Morgan fingerprint density at radius 2 is 2.21 bits per heavy atom. The van der Waals surface area contributed by atoms with Gasteiger partial charge in [0.15, 0.2) is 0 Å². The third-order valence-corrected chi connectivity index (χ3v) is 3.16. The molecule has 0 radical (unpaired) electrons. The van der Waals surface area contributed by atoms with Crippen molar-refractivity contribution in [3.63, 3.8) is 0 Å². The van der Waals surface area contributed by atoms with E-state index in [4.69, 9.17) is 4.74 Å². The van der Waals surface area contributed by atoms with Crippen LogP contribution in [0.3, 0.4) is 0 Å². The van der Waals surface area contributed by atoms with Gasteiger partial charge in [-0.2, -0.15) is 0 Å². The van der Waals surface area contributed by atoms with Crippen molar-refractivity contribution in [3.8, 4) is 0 Å². The van der Waals surface area contributed by atoms with E-state index < -0.39 is 0 Å². The predicted octanol–water partition coefficient (Wildman–Crippen LogP) is 2.60. The topological polar surface area (TPSA) is 29.5 Å². The first kappa shape index (κ1) is 14.0. The van der Waals surface area contributed by atoms with Gasteiger partial charge < -0.3 is 9.64 Å². The summed E-state index contributed by atoms with van der Waals surface area (Å²) < 4.78 is 18.6. The molecule has 3 nitrogen and oxygen atoms in total. The van der Waals surface area contributed by atoms with Crippen LogP contribution < -0.4 is 0 Å². The molecule has 0 unspecified atom stereocenters. The SMILES string of the molecule is CC(C)CC(=O)N1CC(OCc2cccc(F)c2)C1. The molecule has 4 heteroatoms. The Hall–Kier alpha value is -1.42. The van der Waals surface area contributed by atoms with E-state index in [0.717, 1.165) is 5.56 Å². The molecular weight excluding hydrogens is 245 g/mol. The van der Waals surface area contributed by atoms with Gasteiger partial charge in [-0.3, -0.25) is 4.79 Å². The zero-order valence-corrected chi connectivity index (χ0v) is 11.4. The van der Waals surface area contributed by atoms with E-state index in [1.807, 2.05) is 24.8 Å². The van der Waals surface area contributed by atoms with Crippen LogP contribution in [0, 0.1) is 11.7 Å². The molecule has 1 aliphatic heterocycles. The number of amides is 1. The molecule has 1 aromatic rings.